The maximum absolute atomic E-state index is 12.1. The molecule has 0 aliphatic carbocycles. The maximum atomic E-state index is 12.1. The molecule has 33 heavy (non-hydrogen) atoms. The molecular weight excluding hydrogens is 463 g/mol. The van der Waals surface area contributed by atoms with Gasteiger partial charge in [-0.25, -0.2) is 4.79 Å². The third-order valence-corrected chi connectivity index (χ3v) is 5.34. The largest absolute Gasteiger partial charge is 0.493 e. The van der Waals surface area contributed by atoms with Gasteiger partial charge in [-0.3, -0.25) is 14.1 Å². The molecule has 2 heterocycles. The topological polar surface area (TPSA) is 70.3 Å². The van der Waals surface area contributed by atoms with Crippen LogP contribution in [0.1, 0.15) is 16.7 Å². The number of hydrogen-bond donors (Lipinski definition) is 1. The quantitative estimate of drug-likeness (QED) is 0.404. The Morgan fingerprint density at radius 2 is 1.61 bits per heavy atom. The first-order chi connectivity index (χ1) is 15.1. The molecule has 0 aliphatic rings. The fourth-order valence-corrected chi connectivity index (χ4v) is 3.60. The number of methoxy groups -OCH3 is 1. The van der Waals surface area contributed by atoms with Crippen molar-refractivity contribution in [2.24, 2.45) is 14.1 Å². The van der Waals surface area contributed by atoms with Crippen LogP contribution in [0.5, 0.6) is 11.5 Å². The lowest BCUT2D eigenvalue weighted by atomic mass is 10.2. The van der Waals surface area contributed by atoms with Crippen molar-refractivity contribution < 1.29 is 9.47 Å². The number of aryl methyl sites for hydroxylation is 2. The number of aromatic nitrogens is 3. The molecule has 0 spiro atoms. The number of ether oxygens (including phenoxy) is 2. The van der Waals surface area contributed by atoms with E-state index in [1.165, 1.54) is 0 Å². The van der Waals surface area contributed by atoms with Crippen molar-refractivity contribution >= 4 is 35.8 Å². The molecule has 0 amide bonds. The second-order valence-corrected chi connectivity index (χ2v) is 7.46. The molecule has 0 atom stereocenters. The summed E-state index contributed by atoms with van der Waals surface area (Å²) in [5.41, 5.74) is 4.98. The number of fused-ring (bicyclic) bond motifs is 1. The summed E-state index contributed by atoms with van der Waals surface area (Å²) in [5.74, 6) is 1.37. The summed E-state index contributed by atoms with van der Waals surface area (Å²) in [6.45, 7) is 1.84. The van der Waals surface area contributed by atoms with Crippen molar-refractivity contribution in [3.05, 3.63) is 88.1 Å². The monoisotopic (exact) mass is 490 g/mol. The summed E-state index contributed by atoms with van der Waals surface area (Å²) in [5, 5.41) is 3.41. The number of benzene rings is 2. The number of hydrogen-bond acceptors (Lipinski definition) is 5. The van der Waals surface area contributed by atoms with Gasteiger partial charge >= 0.3 is 5.69 Å². The molecule has 176 valence electrons. The van der Waals surface area contributed by atoms with E-state index in [0.29, 0.717) is 24.7 Å². The van der Waals surface area contributed by atoms with Gasteiger partial charge in [0.1, 0.15) is 6.61 Å². The molecule has 0 aliphatic heterocycles. The van der Waals surface area contributed by atoms with Gasteiger partial charge in [-0.15, -0.1) is 24.8 Å². The van der Waals surface area contributed by atoms with Crippen LogP contribution in [0.25, 0.3) is 11.0 Å². The molecule has 4 aromatic rings. The normalized spacial score (nSPS) is 10.4. The van der Waals surface area contributed by atoms with Gasteiger partial charge in [0, 0.05) is 39.6 Å². The van der Waals surface area contributed by atoms with Crippen LogP contribution in [0.3, 0.4) is 0 Å². The molecule has 4 rings (SSSR count). The Hall–Kier alpha value is -3.00. The maximum Gasteiger partial charge on any atom is 0.328 e. The van der Waals surface area contributed by atoms with Gasteiger partial charge in [-0.1, -0.05) is 18.2 Å². The molecule has 0 saturated heterocycles. The fourth-order valence-electron chi connectivity index (χ4n) is 3.60. The van der Waals surface area contributed by atoms with Crippen molar-refractivity contribution in [3.8, 4) is 11.5 Å². The summed E-state index contributed by atoms with van der Waals surface area (Å²) in [6, 6.07) is 15.8. The smallest absolute Gasteiger partial charge is 0.328 e. The Balaban J connectivity index is 0.00000193. The molecule has 0 radical (unpaired) electrons. The predicted octanol–water partition coefficient (Wildman–Crippen LogP) is 3.99. The SMILES string of the molecule is COc1cc(CNCc2cccnc2)ccc1OCc1ccc2c(c1)n(C)c(=O)n2C.Cl.Cl. The molecule has 9 heteroatoms. The Kier molecular flexibility index (Phi) is 9.34. The summed E-state index contributed by atoms with van der Waals surface area (Å²) in [7, 11) is 5.19. The van der Waals surface area contributed by atoms with E-state index in [1.807, 2.05) is 54.7 Å². The first-order valence-electron chi connectivity index (χ1n) is 10.1. The van der Waals surface area contributed by atoms with Crippen molar-refractivity contribution in [2.75, 3.05) is 7.11 Å². The minimum absolute atomic E-state index is 0. The summed E-state index contributed by atoms with van der Waals surface area (Å²) < 4.78 is 14.8. The van der Waals surface area contributed by atoms with Crippen LogP contribution in [0.15, 0.2) is 65.7 Å². The van der Waals surface area contributed by atoms with Gasteiger partial charge in [0.2, 0.25) is 0 Å². The molecule has 1 N–H and O–H groups in total. The summed E-state index contributed by atoms with van der Waals surface area (Å²) in [6.07, 6.45) is 3.63. The van der Waals surface area contributed by atoms with E-state index in [9.17, 15) is 4.79 Å². The first kappa shape index (κ1) is 26.3. The second-order valence-electron chi connectivity index (χ2n) is 7.46. The number of rotatable bonds is 8. The van der Waals surface area contributed by atoms with E-state index in [1.54, 1.807) is 36.5 Å². The number of halogens is 2. The van der Waals surface area contributed by atoms with E-state index < -0.39 is 0 Å². The molecular formula is C24H28Cl2N4O3. The number of nitrogens with one attached hydrogen (secondary N) is 1. The highest BCUT2D eigenvalue weighted by molar-refractivity contribution is 5.85. The van der Waals surface area contributed by atoms with Gasteiger partial charge in [0.25, 0.3) is 0 Å². The zero-order valence-corrected chi connectivity index (χ0v) is 20.4. The van der Waals surface area contributed by atoms with E-state index >= 15 is 0 Å². The summed E-state index contributed by atoms with van der Waals surface area (Å²) >= 11 is 0. The van der Waals surface area contributed by atoms with Crippen LogP contribution in [-0.2, 0) is 33.8 Å². The van der Waals surface area contributed by atoms with Crippen LogP contribution in [0.4, 0.5) is 0 Å². The van der Waals surface area contributed by atoms with Crippen LogP contribution >= 0.6 is 24.8 Å². The minimum atomic E-state index is -0.0394. The van der Waals surface area contributed by atoms with Crippen molar-refractivity contribution in [3.63, 3.8) is 0 Å². The van der Waals surface area contributed by atoms with Crippen LogP contribution in [-0.4, -0.2) is 21.2 Å². The van der Waals surface area contributed by atoms with E-state index in [2.05, 4.69) is 10.3 Å². The number of nitrogens with zero attached hydrogens (tertiary/aromatic N) is 3. The molecule has 0 bridgehead atoms. The fraction of sp³-hybridized carbons (Fsp3) is 0.250. The molecule has 0 unspecified atom stereocenters. The van der Waals surface area contributed by atoms with Gasteiger partial charge in [-0.2, -0.15) is 0 Å². The minimum Gasteiger partial charge on any atom is -0.493 e. The Morgan fingerprint density at radius 1 is 0.879 bits per heavy atom. The number of imidazole rings is 1. The van der Waals surface area contributed by atoms with Crippen molar-refractivity contribution in [1.82, 2.24) is 19.4 Å². The van der Waals surface area contributed by atoms with E-state index in [-0.39, 0.29) is 30.5 Å². The van der Waals surface area contributed by atoms with Gasteiger partial charge < -0.3 is 14.8 Å². The molecule has 2 aromatic heterocycles. The third kappa shape index (κ3) is 5.87. The van der Waals surface area contributed by atoms with Gasteiger partial charge in [-0.05, 0) is 47.0 Å². The Morgan fingerprint density at radius 3 is 2.33 bits per heavy atom. The molecule has 2 aromatic carbocycles. The zero-order valence-electron chi connectivity index (χ0n) is 18.8. The average Bonchev–Trinajstić information content (AvgIpc) is 3.02. The highest BCUT2D eigenvalue weighted by Gasteiger charge is 2.10. The average molecular weight is 491 g/mol. The summed E-state index contributed by atoms with van der Waals surface area (Å²) in [4.78, 5) is 16.2. The first-order valence-corrected chi connectivity index (χ1v) is 10.1. The molecule has 0 fully saturated rings. The Bertz CT molecular complexity index is 1260. The third-order valence-electron chi connectivity index (χ3n) is 5.34. The van der Waals surface area contributed by atoms with Crippen molar-refractivity contribution in [1.29, 1.82) is 0 Å². The van der Waals surface area contributed by atoms with E-state index in [0.717, 1.165) is 34.3 Å². The highest BCUT2D eigenvalue weighted by Crippen LogP contribution is 2.29. The lowest BCUT2D eigenvalue weighted by Gasteiger charge is -2.13. The predicted molar refractivity (Wildman–Crippen MR) is 135 cm³/mol. The lowest BCUT2D eigenvalue weighted by Crippen LogP contribution is -2.19. The number of pyridine rings is 1. The van der Waals surface area contributed by atoms with Crippen LogP contribution in [0.2, 0.25) is 0 Å². The van der Waals surface area contributed by atoms with Gasteiger partial charge in [0.05, 0.1) is 18.1 Å². The Labute approximate surface area is 205 Å². The lowest BCUT2D eigenvalue weighted by molar-refractivity contribution is 0.284. The van der Waals surface area contributed by atoms with Gasteiger partial charge in [0.15, 0.2) is 11.5 Å². The molecule has 0 saturated carbocycles. The highest BCUT2D eigenvalue weighted by atomic mass is 35.5. The van der Waals surface area contributed by atoms with Crippen LogP contribution in [0, 0.1) is 0 Å². The van der Waals surface area contributed by atoms with Crippen LogP contribution < -0.4 is 20.5 Å². The molecule has 7 nitrogen and oxygen atoms in total. The van der Waals surface area contributed by atoms with E-state index in [4.69, 9.17) is 9.47 Å². The standard InChI is InChI=1S/C24H26N4O3.2ClH/c1-27-20-8-6-18(11-21(20)28(2)24(27)29)16-31-22-9-7-17(12-23(22)30-3)13-26-15-19-5-4-10-25-14-19;;/h4-12,14,26H,13,15-16H2,1-3H3;2*1H. The van der Waals surface area contributed by atoms with Crippen molar-refractivity contribution in [2.45, 2.75) is 19.7 Å². The zero-order chi connectivity index (χ0) is 21.8. The second kappa shape index (κ2) is 11.7.